The Balaban J connectivity index is 2.05. The van der Waals surface area contributed by atoms with E-state index in [-0.39, 0.29) is 16.0 Å². The van der Waals surface area contributed by atoms with Gasteiger partial charge in [0.25, 0.3) is 5.91 Å². The summed E-state index contributed by atoms with van der Waals surface area (Å²) in [6.07, 6.45) is 2.18. The lowest BCUT2D eigenvalue weighted by Crippen LogP contribution is -2.36. The summed E-state index contributed by atoms with van der Waals surface area (Å²) in [5.74, 6) is -0.844. The number of thioether (sulfide) groups is 1. The number of hydrogen-bond donors (Lipinski definition) is 2. The minimum atomic E-state index is -0.747. The molecule has 1 saturated heterocycles. The Labute approximate surface area is 127 Å². The highest BCUT2D eigenvalue weighted by molar-refractivity contribution is 8.00. The number of amides is 1. The van der Waals surface area contributed by atoms with E-state index in [9.17, 15) is 13.6 Å². The summed E-state index contributed by atoms with van der Waals surface area (Å²) in [5.41, 5.74) is -0.175. The zero-order valence-corrected chi connectivity index (χ0v) is 13.1. The first kappa shape index (κ1) is 16.1. The molecule has 0 saturated carbocycles. The molecule has 3 nitrogen and oxygen atoms in total. The van der Waals surface area contributed by atoms with E-state index in [2.05, 4.69) is 17.6 Å². The smallest absolute Gasteiger partial charge is 0.251 e. The number of rotatable bonds is 5. The van der Waals surface area contributed by atoms with Crippen molar-refractivity contribution >= 4 is 23.4 Å². The third-order valence-corrected chi connectivity index (χ3v) is 5.12. The van der Waals surface area contributed by atoms with Crippen molar-refractivity contribution in [3.63, 3.8) is 0 Å². The molecule has 116 valence electrons. The van der Waals surface area contributed by atoms with Gasteiger partial charge in [-0.1, -0.05) is 0 Å². The van der Waals surface area contributed by atoms with Crippen LogP contribution in [0.15, 0.2) is 12.1 Å². The summed E-state index contributed by atoms with van der Waals surface area (Å²) in [6.45, 7) is 4.77. The average Bonchev–Trinajstić information content (AvgIpc) is 2.87. The Hall–Kier alpha value is -1.30. The van der Waals surface area contributed by atoms with Crippen LogP contribution < -0.4 is 10.6 Å². The molecule has 0 aromatic heterocycles. The molecule has 2 rings (SSSR count). The van der Waals surface area contributed by atoms with Crippen molar-refractivity contribution in [1.29, 1.82) is 0 Å². The first-order valence-electron chi connectivity index (χ1n) is 7.10. The van der Waals surface area contributed by atoms with Crippen molar-refractivity contribution in [2.24, 2.45) is 0 Å². The summed E-state index contributed by atoms with van der Waals surface area (Å²) in [7, 11) is 0. The summed E-state index contributed by atoms with van der Waals surface area (Å²) in [5, 5.41) is 5.38. The van der Waals surface area contributed by atoms with E-state index < -0.39 is 17.5 Å². The molecule has 1 fully saturated rings. The van der Waals surface area contributed by atoms with Gasteiger partial charge in [0, 0.05) is 23.4 Å². The summed E-state index contributed by atoms with van der Waals surface area (Å²) in [4.78, 5) is 12.0. The van der Waals surface area contributed by atoms with Crippen LogP contribution in [0.4, 0.5) is 14.5 Å². The largest absolute Gasteiger partial charge is 0.381 e. The molecule has 1 heterocycles. The van der Waals surface area contributed by atoms with Gasteiger partial charge in [-0.05, 0) is 44.6 Å². The molecule has 1 aromatic rings. The van der Waals surface area contributed by atoms with Crippen molar-refractivity contribution in [2.45, 2.75) is 31.4 Å². The van der Waals surface area contributed by atoms with E-state index in [1.54, 1.807) is 6.92 Å². The monoisotopic (exact) mass is 314 g/mol. The molecular weight excluding hydrogens is 294 g/mol. The summed E-state index contributed by atoms with van der Waals surface area (Å²) >= 11 is 1.82. The number of nitrogens with one attached hydrogen (secondary N) is 2. The van der Waals surface area contributed by atoms with Crippen LogP contribution in [0.25, 0.3) is 0 Å². The fourth-order valence-electron chi connectivity index (χ4n) is 2.40. The van der Waals surface area contributed by atoms with E-state index >= 15 is 0 Å². The Morgan fingerprint density at radius 3 is 2.57 bits per heavy atom. The molecule has 1 amide bonds. The first-order chi connectivity index (χ1) is 9.95. The van der Waals surface area contributed by atoms with Gasteiger partial charge < -0.3 is 10.6 Å². The zero-order valence-electron chi connectivity index (χ0n) is 12.3. The highest BCUT2D eigenvalue weighted by Gasteiger charge is 2.30. The van der Waals surface area contributed by atoms with Gasteiger partial charge in [-0.15, -0.1) is 0 Å². The van der Waals surface area contributed by atoms with Crippen LogP contribution in [0.1, 0.15) is 37.0 Å². The SMILES string of the molecule is CCNc1c(F)cc(C(=O)NCC2(C)CCCS2)cc1F. The van der Waals surface area contributed by atoms with Crippen LogP contribution in [0.3, 0.4) is 0 Å². The Morgan fingerprint density at radius 1 is 1.38 bits per heavy atom. The molecule has 1 aliphatic rings. The van der Waals surface area contributed by atoms with E-state index in [4.69, 9.17) is 0 Å². The maximum atomic E-state index is 13.8. The third-order valence-electron chi connectivity index (χ3n) is 3.58. The van der Waals surface area contributed by atoms with Gasteiger partial charge >= 0.3 is 0 Å². The van der Waals surface area contributed by atoms with Crippen molar-refractivity contribution in [3.05, 3.63) is 29.3 Å². The van der Waals surface area contributed by atoms with Crippen LogP contribution in [0, 0.1) is 11.6 Å². The second-order valence-electron chi connectivity index (χ2n) is 5.43. The second kappa shape index (κ2) is 6.64. The van der Waals surface area contributed by atoms with Crippen molar-refractivity contribution in [2.75, 3.05) is 24.2 Å². The van der Waals surface area contributed by atoms with Gasteiger partial charge in [0.1, 0.15) is 17.3 Å². The highest BCUT2D eigenvalue weighted by atomic mass is 32.2. The number of hydrogen-bond acceptors (Lipinski definition) is 3. The fraction of sp³-hybridized carbons (Fsp3) is 0.533. The molecule has 0 bridgehead atoms. The Kier molecular flexibility index (Phi) is 5.08. The molecule has 0 spiro atoms. The predicted octanol–water partition coefficient (Wildman–Crippen LogP) is 3.41. The van der Waals surface area contributed by atoms with Crippen molar-refractivity contribution < 1.29 is 13.6 Å². The van der Waals surface area contributed by atoms with Crippen molar-refractivity contribution in [3.8, 4) is 0 Å². The van der Waals surface area contributed by atoms with Crippen LogP contribution >= 0.6 is 11.8 Å². The summed E-state index contributed by atoms with van der Waals surface area (Å²) < 4.78 is 27.6. The van der Waals surface area contributed by atoms with Gasteiger partial charge in [0.05, 0.1) is 0 Å². The number of halogens is 2. The quantitative estimate of drug-likeness (QED) is 0.875. The van der Waals surface area contributed by atoms with Gasteiger partial charge in [0.2, 0.25) is 0 Å². The molecule has 1 aliphatic heterocycles. The number of carbonyl (C=O) groups excluding carboxylic acids is 1. The average molecular weight is 314 g/mol. The molecule has 6 heteroatoms. The lowest BCUT2D eigenvalue weighted by Gasteiger charge is -2.22. The molecule has 21 heavy (non-hydrogen) atoms. The van der Waals surface area contributed by atoms with E-state index in [1.807, 2.05) is 11.8 Å². The lowest BCUT2D eigenvalue weighted by molar-refractivity contribution is 0.0949. The van der Waals surface area contributed by atoms with Gasteiger partial charge in [-0.2, -0.15) is 11.8 Å². The minimum Gasteiger partial charge on any atom is -0.381 e. The van der Waals surface area contributed by atoms with Gasteiger partial charge in [0.15, 0.2) is 0 Å². The molecule has 0 aliphatic carbocycles. The van der Waals surface area contributed by atoms with Gasteiger partial charge in [-0.3, -0.25) is 4.79 Å². The number of carbonyl (C=O) groups is 1. The van der Waals surface area contributed by atoms with E-state index in [1.165, 1.54) is 0 Å². The van der Waals surface area contributed by atoms with Crippen LogP contribution in [-0.4, -0.2) is 29.5 Å². The lowest BCUT2D eigenvalue weighted by atomic mass is 10.1. The fourth-order valence-corrected chi connectivity index (χ4v) is 3.64. The molecule has 1 atom stereocenters. The number of benzene rings is 1. The maximum absolute atomic E-state index is 13.8. The minimum absolute atomic E-state index is 0.0123. The number of anilines is 1. The highest BCUT2D eigenvalue weighted by Crippen LogP contribution is 2.37. The zero-order chi connectivity index (χ0) is 15.5. The normalized spacial score (nSPS) is 21.3. The Bertz CT molecular complexity index is 507. The van der Waals surface area contributed by atoms with Crippen molar-refractivity contribution in [1.82, 2.24) is 5.32 Å². The molecule has 2 N–H and O–H groups in total. The van der Waals surface area contributed by atoms with Crippen LogP contribution in [0.5, 0.6) is 0 Å². The predicted molar refractivity (Wildman–Crippen MR) is 83.0 cm³/mol. The first-order valence-corrected chi connectivity index (χ1v) is 8.09. The second-order valence-corrected chi connectivity index (χ2v) is 7.11. The Morgan fingerprint density at radius 2 is 2.05 bits per heavy atom. The third kappa shape index (κ3) is 3.87. The van der Waals surface area contributed by atoms with E-state index in [0.717, 1.165) is 30.7 Å². The van der Waals surface area contributed by atoms with E-state index in [0.29, 0.717) is 13.1 Å². The topological polar surface area (TPSA) is 41.1 Å². The molecule has 1 aromatic carbocycles. The van der Waals surface area contributed by atoms with Crippen LogP contribution in [0.2, 0.25) is 0 Å². The maximum Gasteiger partial charge on any atom is 0.251 e. The molecule has 0 radical (unpaired) electrons. The van der Waals surface area contributed by atoms with Gasteiger partial charge in [-0.25, -0.2) is 8.78 Å². The molecule has 1 unspecified atom stereocenters. The van der Waals surface area contributed by atoms with Crippen LogP contribution in [-0.2, 0) is 0 Å². The standard InChI is InChI=1S/C15H20F2N2OS/c1-3-18-13-11(16)7-10(8-12(13)17)14(20)19-9-15(2)5-4-6-21-15/h7-8,18H,3-6,9H2,1-2H3,(H,19,20). The molecular formula is C15H20F2N2OS. The summed E-state index contributed by atoms with van der Waals surface area (Å²) in [6, 6.07) is 2.14.